The number of nitrogens with zero attached hydrogens (tertiary/aromatic N) is 1. The third-order valence-electron chi connectivity index (χ3n) is 3.06. The Morgan fingerprint density at radius 3 is 2.85 bits per heavy atom. The summed E-state index contributed by atoms with van der Waals surface area (Å²) in [7, 11) is 0. The Morgan fingerprint density at radius 2 is 2.15 bits per heavy atom. The van der Waals surface area contributed by atoms with E-state index in [1.54, 1.807) is 0 Å². The molecule has 0 aromatic heterocycles. The average molecular weight is 196 g/mol. The van der Waals surface area contributed by atoms with Crippen LogP contribution in [0.1, 0.15) is 25.7 Å². The molecular formula is C10H16N2S. The minimum Gasteiger partial charge on any atom is -0.365 e. The summed E-state index contributed by atoms with van der Waals surface area (Å²) < 4.78 is 0. The molecule has 0 spiro atoms. The summed E-state index contributed by atoms with van der Waals surface area (Å²) in [6.07, 6.45) is 5.75. The van der Waals surface area contributed by atoms with Gasteiger partial charge >= 0.3 is 0 Å². The van der Waals surface area contributed by atoms with E-state index in [4.69, 9.17) is 0 Å². The molecule has 2 fully saturated rings. The molecule has 2 aliphatic carbocycles. The Morgan fingerprint density at radius 1 is 1.31 bits per heavy atom. The topological polar surface area (TPSA) is 24.4 Å². The first-order valence-corrected chi connectivity index (χ1v) is 6.25. The van der Waals surface area contributed by atoms with Crippen LogP contribution in [0.25, 0.3) is 0 Å². The molecular weight excluding hydrogens is 180 g/mol. The van der Waals surface area contributed by atoms with Gasteiger partial charge in [0.1, 0.15) is 0 Å². The van der Waals surface area contributed by atoms with Gasteiger partial charge in [-0.2, -0.15) is 0 Å². The summed E-state index contributed by atoms with van der Waals surface area (Å²) in [5.41, 5.74) is 0. The number of nitrogens with one attached hydrogen (secondary N) is 1. The van der Waals surface area contributed by atoms with Crippen LogP contribution in [0.15, 0.2) is 4.99 Å². The third-order valence-corrected chi connectivity index (χ3v) is 4.40. The highest BCUT2D eigenvalue weighted by atomic mass is 32.2. The molecule has 1 aliphatic heterocycles. The van der Waals surface area contributed by atoms with Crippen molar-refractivity contribution in [3.05, 3.63) is 0 Å². The van der Waals surface area contributed by atoms with Gasteiger partial charge in [0.15, 0.2) is 5.17 Å². The molecule has 0 aromatic carbocycles. The van der Waals surface area contributed by atoms with Gasteiger partial charge in [-0.25, -0.2) is 0 Å². The molecule has 2 saturated carbocycles. The molecule has 72 valence electrons. The van der Waals surface area contributed by atoms with Gasteiger partial charge in [-0.1, -0.05) is 11.8 Å². The van der Waals surface area contributed by atoms with E-state index in [9.17, 15) is 0 Å². The van der Waals surface area contributed by atoms with Gasteiger partial charge in [0.2, 0.25) is 0 Å². The first-order valence-electron chi connectivity index (χ1n) is 5.37. The maximum atomic E-state index is 4.55. The molecule has 3 heteroatoms. The summed E-state index contributed by atoms with van der Waals surface area (Å²) in [5, 5.41) is 5.52. The van der Waals surface area contributed by atoms with E-state index in [2.05, 4.69) is 10.3 Å². The minimum absolute atomic E-state index is 0.821. The predicted molar refractivity (Wildman–Crippen MR) is 57.1 cm³/mol. The first kappa shape index (κ1) is 8.16. The van der Waals surface area contributed by atoms with Crippen LogP contribution in [-0.2, 0) is 0 Å². The van der Waals surface area contributed by atoms with Crippen LogP contribution in [0.5, 0.6) is 0 Å². The molecule has 2 nitrogen and oxygen atoms in total. The van der Waals surface area contributed by atoms with Crippen molar-refractivity contribution >= 4 is 16.9 Å². The Balaban J connectivity index is 1.43. The molecule has 0 amide bonds. The van der Waals surface area contributed by atoms with Gasteiger partial charge in [-0.3, -0.25) is 4.99 Å². The SMILES string of the molecule is C1CC1CNC1=NCC(C2CC2)S1. The maximum Gasteiger partial charge on any atom is 0.156 e. The van der Waals surface area contributed by atoms with Gasteiger partial charge in [-0.15, -0.1) is 0 Å². The van der Waals surface area contributed by atoms with Crippen LogP contribution < -0.4 is 5.32 Å². The molecule has 0 radical (unpaired) electrons. The number of amidine groups is 1. The van der Waals surface area contributed by atoms with Gasteiger partial charge < -0.3 is 5.32 Å². The van der Waals surface area contributed by atoms with Crippen molar-refractivity contribution in [3.63, 3.8) is 0 Å². The Labute approximate surface area is 83.6 Å². The van der Waals surface area contributed by atoms with Crippen molar-refractivity contribution in [1.82, 2.24) is 5.32 Å². The summed E-state index contributed by atoms with van der Waals surface area (Å²) in [6, 6.07) is 0. The van der Waals surface area contributed by atoms with E-state index in [0.29, 0.717) is 0 Å². The van der Waals surface area contributed by atoms with E-state index in [1.807, 2.05) is 11.8 Å². The molecule has 13 heavy (non-hydrogen) atoms. The number of thioether (sulfide) groups is 1. The van der Waals surface area contributed by atoms with Crippen molar-refractivity contribution in [1.29, 1.82) is 0 Å². The van der Waals surface area contributed by atoms with Gasteiger partial charge in [0.25, 0.3) is 0 Å². The van der Waals surface area contributed by atoms with Crippen molar-refractivity contribution < 1.29 is 0 Å². The van der Waals surface area contributed by atoms with Crippen LogP contribution in [0, 0.1) is 11.8 Å². The van der Waals surface area contributed by atoms with Crippen LogP contribution >= 0.6 is 11.8 Å². The van der Waals surface area contributed by atoms with E-state index in [1.165, 1.54) is 37.4 Å². The van der Waals surface area contributed by atoms with E-state index in [0.717, 1.165) is 23.6 Å². The summed E-state index contributed by atoms with van der Waals surface area (Å²) in [6.45, 7) is 2.24. The Hall–Kier alpha value is -0.180. The second-order valence-electron chi connectivity index (χ2n) is 4.46. The second kappa shape index (κ2) is 3.19. The normalized spacial score (nSPS) is 33.2. The molecule has 1 atom stereocenters. The van der Waals surface area contributed by atoms with Crippen molar-refractivity contribution in [3.8, 4) is 0 Å². The largest absolute Gasteiger partial charge is 0.365 e. The lowest BCUT2D eigenvalue weighted by atomic mass is 10.3. The lowest BCUT2D eigenvalue weighted by molar-refractivity contribution is 0.764. The zero-order valence-corrected chi connectivity index (χ0v) is 8.65. The highest BCUT2D eigenvalue weighted by Gasteiger charge is 2.35. The first-order chi connectivity index (χ1) is 6.42. The fraction of sp³-hybridized carbons (Fsp3) is 0.900. The summed E-state index contributed by atoms with van der Waals surface area (Å²) in [5.74, 6) is 1.96. The van der Waals surface area contributed by atoms with E-state index >= 15 is 0 Å². The molecule has 0 bridgehead atoms. The molecule has 1 N–H and O–H groups in total. The van der Waals surface area contributed by atoms with Crippen LogP contribution in [0.4, 0.5) is 0 Å². The van der Waals surface area contributed by atoms with Crippen LogP contribution in [0.3, 0.4) is 0 Å². The molecule has 3 rings (SSSR count). The second-order valence-corrected chi connectivity index (χ2v) is 5.69. The standard InChI is InChI=1S/C10H16N2S/c1-2-7(1)5-11-10-12-6-9(13-10)8-3-4-8/h7-9H,1-6H2,(H,11,12). The lowest BCUT2D eigenvalue weighted by Gasteiger charge is -2.06. The fourth-order valence-corrected chi connectivity index (χ4v) is 2.97. The van der Waals surface area contributed by atoms with E-state index < -0.39 is 0 Å². The zero-order chi connectivity index (χ0) is 8.67. The van der Waals surface area contributed by atoms with Gasteiger partial charge in [0.05, 0.1) is 6.54 Å². The van der Waals surface area contributed by atoms with Crippen molar-refractivity contribution in [2.24, 2.45) is 16.8 Å². The summed E-state index contributed by atoms with van der Waals surface area (Å²) >= 11 is 1.99. The Kier molecular flexibility index (Phi) is 2.00. The molecule has 1 unspecified atom stereocenters. The third kappa shape index (κ3) is 2.01. The lowest BCUT2D eigenvalue weighted by Crippen LogP contribution is -2.22. The number of rotatable bonds is 3. The Bertz CT molecular complexity index is 231. The number of hydrogen-bond acceptors (Lipinski definition) is 3. The zero-order valence-electron chi connectivity index (χ0n) is 7.83. The van der Waals surface area contributed by atoms with Crippen molar-refractivity contribution in [2.45, 2.75) is 30.9 Å². The highest BCUT2D eigenvalue weighted by Crippen LogP contribution is 2.41. The van der Waals surface area contributed by atoms with Crippen LogP contribution in [0.2, 0.25) is 0 Å². The molecule has 1 heterocycles. The summed E-state index contributed by atoms with van der Waals surface area (Å²) in [4.78, 5) is 4.55. The minimum atomic E-state index is 0.821. The van der Waals surface area contributed by atoms with Crippen molar-refractivity contribution in [2.75, 3.05) is 13.1 Å². The smallest absolute Gasteiger partial charge is 0.156 e. The number of aliphatic imine (C=N–C) groups is 1. The molecule has 0 aromatic rings. The van der Waals surface area contributed by atoms with Gasteiger partial charge in [-0.05, 0) is 37.5 Å². The molecule has 0 saturated heterocycles. The van der Waals surface area contributed by atoms with E-state index in [-0.39, 0.29) is 0 Å². The molecule has 3 aliphatic rings. The maximum absolute atomic E-state index is 4.55. The van der Waals surface area contributed by atoms with Gasteiger partial charge in [0, 0.05) is 11.8 Å². The quantitative estimate of drug-likeness (QED) is 0.745. The number of hydrogen-bond donors (Lipinski definition) is 1. The predicted octanol–water partition coefficient (Wildman–Crippen LogP) is 1.87. The fourth-order valence-electron chi connectivity index (χ4n) is 1.76. The highest BCUT2D eigenvalue weighted by molar-refractivity contribution is 8.14. The van der Waals surface area contributed by atoms with Crippen LogP contribution in [-0.4, -0.2) is 23.5 Å². The average Bonchev–Trinajstić information content (AvgIpc) is 3.03. The monoisotopic (exact) mass is 196 g/mol.